The quantitative estimate of drug-likeness (QED) is 0.538. The first-order valence-corrected chi connectivity index (χ1v) is 10.3. The van der Waals surface area contributed by atoms with Gasteiger partial charge in [0, 0.05) is 27.3 Å². The predicted molar refractivity (Wildman–Crippen MR) is 102 cm³/mol. The molecule has 0 N–H and O–H groups in total. The average Bonchev–Trinajstić information content (AvgIpc) is 2.67. The Kier molecular flexibility index (Phi) is 7.86. The molecule has 0 amide bonds. The number of hydrogen-bond donors (Lipinski definition) is 0. The lowest BCUT2D eigenvalue weighted by Gasteiger charge is -2.35. The van der Waals surface area contributed by atoms with E-state index in [1.807, 2.05) is 36.4 Å². The Hall–Kier alpha value is -1.45. The fraction of sp³-hybridized carbons (Fsp3) is 0.400. The van der Waals surface area contributed by atoms with E-state index < -0.39 is 7.60 Å². The summed E-state index contributed by atoms with van der Waals surface area (Å²) in [5.74, 6) is -0.284. The molecular formula is C20H28NO3P. The fourth-order valence-corrected chi connectivity index (χ4v) is 4.79. The Morgan fingerprint density at radius 2 is 1.32 bits per heavy atom. The average molecular weight is 361 g/mol. The van der Waals surface area contributed by atoms with Gasteiger partial charge in [-0.2, -0.15) is 0 Å². The minimum absolute atomic E-state index is 0.284. The zero-order valence-electron chi connectivity index (χ0n) is 15.3. The monoisotopic (exact) mass is 361 g/mol. The lowest BCUT2D eigenvalue weighted by Crippen LogP contribution is -2.35. The highest BCUT2D eigenvalue weighted by Crippen LogP contribution is 2.54. The molecule has 0 bridgehead atoms. The van der Waals surface area contributed by atoms with Crippen molar-refractivity contribution in [2.45, 2.75) is 38.6 Å². The zero-order chi connectivity index (χ0) is 18.1. The molecule has 0 fully saturated rings. The third-order valence-corrected chi connectivity index (χ3v) is 6.63. The first-order chi connectivity index (χ1) is 12.1. The summed E-state index contributed by atoms with van der Waals surface area (Å²) in [5.41, 5.74) is 2.36. The minimum atomic E-state index is -3.21. The Bertz CT molecular complexity index is 614. The molecule has 0 aliphatic carbocycles. The molecule has 0 heterocycles. The Morgan fingerprint density at radius 1 is 0.880 bits per heavy atom. The lowest BCUT2D eigenvalue weighted by molar-refractivity contribution is 0.169. The van der Waals surface area contributed by atoms with E-state index in [9.17, 15) is 4.57 Å². The van der Waals surface area contributed by atoms with E-state index in [0.717, 1.165) is 12.8 Å². The van der Waals surface area contributed by atoms with E-state index in [1.165, 1.54) is 25.3 Å². The zero-order valence-corrected chi connectivity index (χ0v) is 16.2. The molecule has 0 aliphatic rings. The van der Waals surface area contributed by atoms with E-state index in [4.69, 9.17) is 9.05 Å². The highest BCUT2D eigenvalue weighted by Gasteiger charge is 2.37. The molecule has 1 unspecified atom stereocenters. The van der Waals surface area contributed by atoms with E-state index in [1.54, 1.807) is 0 Å². The number of benzene rings is 2. The van der Waals surface area contributed by atoms with Gasteiger partial charge < -0.3 is 9.05 Å². The van der Waals surface area contributed by atoms with Gasteiger partial charge in [0.2, 0.25) is 0 Å². The summed E-state index contributed by atoms with van der Waals surface area (Å²) < 4.78 is 23.9. The Morgan fingerprint density at radius 3 is 1.68 bits per heavy atom. The maximum absolute atomic E-state index is 13.2. The predicted octanol–water partition coefficient (Wildman–Crippen LogP) is 5.30. The molecule has 2 aromatic carbocycles. The second-order valence-corrected chi connectivity index (χ2v) is 8.46. The van der Waals surface area contributed by atoms with Crippen molar-refractivity contribution >= 4 is 7.60 Å². The van der Waals surface area contributed by atoms with E-state index in [2.05, 4.69) is 36.1 Å². The van der Waals surface area contributed by atoms with Crippen LogP contribution in [0.1, 0.15) is 30.9 Å². The molecule has 1 atom stereocenters. The third kappa shape index (κ3) is 5.52. The van der Waals surface area contributed by atoms with Crippen LogP contribution in [0, 0.1) is 0 Å². The van der Waals surface area contributed by atoms with Gasteiger partial charge in [-0.15, -0.1) is 0 Å². The molecule has 0 saturated heterocycles. The standard InChI is InChI=1S/C20H28NO3P/c1-4-11-20(25(22,23-2)24-3)21(16-18-12-7-5-8-13-18)17-19-14-9-6-10-15-19/h5-10,12-15,20H,4,11,16-17H2,1-3H3. The molecule has 25 heavy (non-hydrogen) atoms. The third-order valence-electron chi connectivity index (χ3n) is 4.30. The second-order valence-electron chi connectivity index (χ2n) is 6.05. The molecule has 0 saturated carbocycles. The van der Waals surface area contributed by atoms with Crippen molar-refractivity contribution in [2.75, 3.05) is 14.2 Å². The van der Waals surface area contributed by atoms with Gasteiger partial charge in [-0.3, -0.25) is 9.46 Å². The van der Waals surface area contributed by atoms with Crippen LogP contribution in [0.5, 0.6) is 0 Å². The molecule has 2 rings (SSSR count). The maximum Gasteiger partial charge on any atom is 0.347 e. The second kappa shape index (κ2) is 9.88. The molecule has 0 aromatic heterocycles. The smallest absolute Gasteiger partial charge is 0.311 e. The summed E-state index contributed by atoms with van der Waals surface area (Å²) in [6.07, 6.45) is 1.65. The maximum atomic E-state index is 13.2. The molecule has 0 spiro atoms. The molecule has 0 radical (unpaired) electrons. The molecule has 4 nitrogen and oxygen atoms in total. The van der Waals surface area contributed by atoms with Gasteiger partial charge in [0.05, 0.1) is 0 Å². The molecule has 0 aliphatic heterocycles. The SMILES string of the molecule is CCCC(N(Cc1ccccc1)Cc1ccccc1)P(=O)(OC)OC. The Labute approximate surface area is 151 Å². The summed E-state index contributed by atoms with van der Waals surface area (Å²) in [6, 6.07) is 20.5. The van der Waals surface area contributed by atoms with Crippen LogP contribution < -0.4 is 0 Å². The summed E-state index contributed by atoms with van der Waals surface area (Å²) in [6.45, 7) is 3.47. The number of hydrogen-bond acceptors (Lipinski definition) is 4. The van der Waals surface area contributed by atoms with Crippen LogP contribution in [0.2, 0.25) is 0 Å². The van der Waals surface area contributed by atoms with Crippen molar-refractivity contribution in [1.29, 1.82) is 0 Å². The molecule has 2 aromatic rings. The summed E-state index contributed by atoms with van der Waals surface area (Å²) >= 11 is 0. The van der Waals surface area contributed by atoms with Crippen LogP contribution in [0.4, 0.5) is 0 Å². The van der Waals surface area contributed by atoms with Gasteiger partial charge in [-0.25, -0.2) is 0 Å². The van der Waals surface area contributed by atoms with Gasteiger partial charge in [-0.1, -0.05) is 74.0 Å². The normalized spacial score (nSPS) is 13.1. The van der Waals surface area contributed by atoms with E-state index in [-0.39, 0.29) is 5.78 Å². The molecule has 136 valence electrons. The minimum Gasteiger partial charge on any atom is -0.311 e. The molecule has 5 heteroatoms. The van der Waals surface area contributed by atoms with Crippen LogP contribution in [-0.4, -0.2) is 24.9 Å². The highest BCUT2D eigenvalue weighted by molar-refractivity contribution is 7.54. The van der Waals surface area contributed by atoms with Gasteiger partial charge >= 0.3 is 7.60 Å². The van der Waals surface area contributed by atoms with Gasteiger partial charge in [0.15, 0.2) is 0 Å². The lowest BCUT2D eigenvalue weighted by atomic mass is 10.1. The van der Waals surface area contributed by atoms with Crippen molar-refractivity contribution in [3.05, 3.63) is 71.8 Å². The van der Waals surface area contributed by atoms with Gasteiger partial charge in [-0.05, 0) is 17.5 Å². The van der Waals surface area contributed by atoms with Crippen LogP contribution >= 0.6 is 7.60 Å². The summed E-state index contributed by atoms with van der Waals surface area (Å²) in [4.78, 5) is 2.21. The van der Waals surface area contributed by atoms with Crippen LogP contribution in [0.3, 0.4) is 0 Å². The van der Waals surface area contributed by atoms with Crippen molar-refractivity contribution in [3.63, 3.8) is 0 Å². The Balaban J connectivity index is 2.34. The summed E-state index contributed by atoms with van der Waals surface area (Å²) in [7, 11) is -0.275. The fourth-order valence-electron chi connectivity index (χ4n) is 3.02. The van der Waals surface area contributed by atoms with Gasteiger partial charge in [0.1, 0.15) is 5.78 Å². The van der Waals surface area contributed by atoms with Crippen molar-refractivity contribution < 1.29 is 13.6 Å². The number of nitrogens with zero attached hydrogens (tertiary/aromatic N) is 1. The largest absolute Gasteiger partial charge is 0.347 e. The number of rotatable bonds is 10. The highest BCUT2D eigenvalue weighted by atomic mass is 31.2. The summed E-state index contributed by atoms with van der Waals surface area (Å²) in [5, 5.41) is 0. The van der Waals surface area contributed by atoms with Crippen LogP contribution in [0.15, 0.2) is 60.7 Å². The van der Waals surface area contributed by atoms with Crippen molar-refractivity contribution in [1.82, 2.24) is 4.90 Å². The molecular weight excluding hydrogens is 333 g/mol. The van der Waals surface area contributed by atoms with E-state index >= 15 is 0 Å². The van der Waals surface area contributed by atoms with Crippen LogP contribution in [-0.2, 0) is 26.7 Å². The van der Waals surface area contributed by atoms with E-state index in [0.29, 0.717) is 13.1 Å². The topological polar surface area (TPSA) is 38.8 Å². The van der Waals surface area contributed by atoms with Crippen molar-refractivity contribution in [2.24, 2.45) is 0 Å². The van der Waals surface area contributed by atoms with Crippen molar-refractivity contribution in [3.8, 4) is 0 Å². The first-order valence-electron chi connectivity index (χ1n) is 8.66. The first kappa shape index (κ1) is 19.9. The van der Waals surface area contributed by atoms with Gasteiger partial charge in [0.25, 0.3) is 0 Å². The van der Waals surface area contributed by atoms with Crippen LogP contribution in [0.25, 0.3) is 0 Å².